The van der Waals surface area contributed by atoms with Crippen molar-refractivity contribution in [2.45, 2.75) is 46.7 Å². The van der Waals surface area contributed by atoms with E-state index < -0.39 is 0 Å². The topological polar surface area (TPSA) is 48.5 Å². The van der Waals surface area contributed by atoms with Gasteiger partial charge in [-0.1, -0.05) is 20.8 Å². The number of aryl methyl sites for hydroxylation is 1. The molecule has 2 aromatic heterocycles. The van der Waals surface area contributed by atoms with E-state index in [0.717, 1.165) is 37.6 Å². The Morgan fingerprint density at radius 3 is 2.78 bits per heavy atom. The molecule has 2 aromatic rings. The lowest BCUT2D eigenvalue weighted by Gasteiger charge is -2.10. The predicted octanol–water partition coefficient (Wildman–Crippen LogP) is 2.13. The first-order valence-electron chi connectivity index (χ1n) is 6.57. The van der Waals surface area contributed by atoms with Gasteiger partial charge in [0.25, 0.3) is 0 Å². The highest BCUT2D eigenvalue weighted by molar-refractivity contribution is 4.97. The summed E-state index contributed by atoms with van der Waals surface area (Å²) in [6.45, 7) is 8.20. The molecule has 0 radical (unpaired) electrons. The summed E-state index contributed by atoms with van der Waals surface area (Å²) in [7, 11) is 0. The molecule has 0 amide bonds. The molecule has 0 saturated carbocycles. The van der Waals surface area contributed by atoms with Crippen molar-refractivity contribution in [2.24, 2.45) is 5.92 Å². The average Bonchev–Trinajstić information content (AvgIpc) is 2.91. The molecule has 0 atom stereocenters. The van der Waals surface area contributed by atoms with Crippen LogP contribution in [-0.4, -0.2) is 24.3 Å². The Labute approximate surface area is 108 Å². The summed E-state index contributed by atoms with van der Waals surface area (Å²) in [6.07, 6.45) is 7.61. The third-order valence-electron chi connectivity index (χ3n) is 2.82. The van der Waals surface area contributed by atoms with Gasteiger partial charge in [0.1, 0.15) is 18.0 Å². The first-order chi connectivity index (χ1) is 8.70. The minimum absolute atomic E-state index is 0.573. The van der Waals surface area contributed by atoms with Crippen molar-refractivity contribution >= 4 is 0 Å². The Balaban J connectivity index is 2.13. The molecule has 0 saturated heterocycles. The molecule has 0 bridgehead atoms. The number of hydrogen-bond acceptors (Lipinski definition) is 3. The highest BCUT2D eigenvalue weighted by Gasteiger charge is 2.09. The summed E-state index contributed by atoms with van der Waals surface area (Å²) in [5, 5.41) is 4.28. The van der Waals surface area contributed by atoms with Gasteiger partial charge in [0, 0.05) is 25.4 Å². The third kappa shape index (κ3) is 2.97. The standard InChI is InChI=1S/C13H21N5/c1-4-5-12-14-6-7-17(12)9-13-15-10-16-18(13)8-11(2)3/h6-7,10-11H,4-5,8-9H2,1-3H3. The van der Waals surface area contributed by atoms with Crippen molar-refractivity contribution in [3.63, 3.8) is 0 Å². The van der Waals surface area contributed by atoms with E-state index in [0.29, 0.717) is 5.92 Å². The van der Waals surface area contributed by atoms with Gasteiger partial charge >= 0.3 is 0 Å². The molecule has 0 fully saturated rings. The lowest BCUT2D eigenvalue weighted by Crippen LogP contribution is -2.14. The Kier molecular flexibility index (Phi) is 4.12. The van der Waals surface area contributed by atoms with Gasteiger partial charge in [-0.3, -0.25) is 0 Å². The lowest BCUT2D eigenvalue weighted by atomic mass is 10.2. The first kappa shape index (κ1) is 12.8. The zero-order valence-electron chi connectivity index (χ0n) is 11.4. The largest absolute Gasteiger partial charge is 0.327 e. The maximum Gasteiger partial charge on any atom is 0.146 e. The van der Waals surface area contributed by atoms with Crippen LogP contribution in [0.4, 0.5) is 0 Å². The number of aromatic nitrogens is 5. The van der Waals surface area contributed by atoms with Crippen LogP contribution in [0.1, 0.15) is 38.8 Å². The van der Waals surface area contributed by atoms with Gasteiger partial charge < -0.3 is 4.57 Å². The van der Waals surface area contributed by atoms with Crippen molar-refractivity contribution in [2.75, 3.05) is 0 Å². The zero-order valence-corrected chi connectivity index (χ0v) is 11.4. The van der Waals surface area contributed by atoms with Crippen molar-refractivity contribution in [1.82, 2.24) is 24.3 Å². The minimum atomic E-state index is 0.573. The molecule has 0 aliphatic heterocycles. The molecule has 0 aliphatic carbocycles. The second-order valence-corrected chi connectivity index (χ2v) is 4.97. The maximum absolute atomic E-state index is 4.38. The van der Waals surface area contributed by atoms with Crippen molar-refractivity contribution in [1.29, 1.82) is 0 Å². The number of nitrogens with zero attached hydrogens (tertiary/aromatic N) is 5. The van der Waals surface area contributed by atoms with Crippen molar-refractivity contribution < 1.29 is 0 Å². The van der Waals surface area contributed by atoms with E-state index in [-0.39, 0.29) is 0 Å². The van der Waals surface area contributed by atoms with Crippen LogP contribution >= 0.6 is 0 Å². The van der Waals surface area contributed by atoms with E-state index in [9.17, 15) is 0 Å². The number of hydrogen-bond donors (Lipinski definition) is 0. The average molecular weight is 247 g/mol. The van der Waals surface area contributed by atoms with Crippen LogP contribution in [0.2, 0.25) is 0 Å². The van der Waals surface area contributed by atoms with Gasteiger partial charge in [0.15, 0.2) is 0 Å². The van der Waals surface area contributed by atoms with Crippen LogP contribution < -0.4 is 0 Å². The second-order valence-electron chi connectivity index (χ2n) is 4.97. The third-order valence-corrected chi connectivity index (χ3v) is 2.82. The fraction of sp³-hybridized carbons (Fsp3) is 0.615. The summed E-state index contributed by atoms with van der Waals surface area (Å²) < 4.78 is 4.14. The van der Waals surface area contributed by atoms with Gasteiger partial charge in [-0.2, -0.15) is 5.10 Å². The molecule has 5 nitrogen and oxygen atoms in total. The Bertz CT molecular complexity index is 483. The highest BCUT2D eigenvalue weighted by Crippen LogP contribution is 2.07. The summed E-state index contributed by atoms with van der Waals surface area (Å²) in [4.78, 5) is 8.73. The molecular formula is C13H21N5. The van der Waals surface area contributed by atoms with E-state index in [2.05, 4.69) is 40.4 Å². The molecule has 0 aromatic carbocycles. The van der Waals surface area contributed by atoms with Gasteiger partial charge in [-0.05, 0) is 12.3 Å². The van der Waals surface area contributed by atoms with Crippen LogP contribution in [0.3, 0.4) is 0 Å². The molecule has 0 spiro atoms. The molecule has 0 aliphatic rings. The van der Waals surface area contributed by atoms with Gasteiger partial charge in [-0.15, -0.1) is 0 Å². The molecule has 2 rings (SSSR count). The summed E-state index contributed by atoms with van der Waals surface area (Å²) in [5.41, 5.74) is 0. The summed E-state index contributed by atoms with van der Waals surface area (Å²) in [5.74, 6) is 2.69. The molecule has 0 N–H and O–H groups in total. The van der Waals surface area contributed by atoms with Crippen LogP contribution in [0.5, 0.6) is 0 Å². The molecule has 5 heteroatoms. The molecule has 18 heavy (non-hydrogen) atoms. The van der Waals surface area contributed by atoms with E-state index in [1.165, 1.54) is 0 Å². The minimum Gasteiger partial charge on any atom is -0.327 e. The van der Waals surface area contributed by atoms with E-state index >= 15 is 0 Å². The molecule has 98 valence electrons. The van der Waals surface area contributed by atoms with E-state index in [1.807, 2.05) is 17.1 Å². The number of rotatable bonds is 6. The maximum atomic E-state index is 4.38. The fourth-order valence-corrected chi connectivity index (χ4v) is 2.00. The zero-order chi connectivity index (χ0) is 13.0. The van der Waals surface area contributed by atoms with E-state index in [1.54, 1.807) is 6.33 Å². The quantitative estimate of drug-likeness (QED) is 0.785. The second kappa shape index (κ2) is 5.80. The van der Waals surface area contributed by atoms with Gasteiger partial charge in [-0.25, -0.2) is 14.6 Å². The van der Waals surface area contributed by atoms with Gasteiger partial charge in [0.2, 0.25) is 0 Å². The molecule has 0 unspecified atom stereocenters. The lowest BCUT2D eigenvalue weighted by molar-refractivity contribution is 0.459. The first-order valence-corrected chi connectivity index (χ1v) is 6.57. The van der Waals surface area contributed by atoms with Crippen LogP contribution in [0.25, 0.3) is 0 Å². The smallest absolute Gasteiger partial charge is 0.146 e. The monoisotopic (exact) mass is 247 g/mol. The summed E-state index contributed by atoms with van der Waals surface area (Å²) in [6, 6.07) is 0. The van der Waals surface area contributed by atoms with Gasteiger partial charge in [0.05, 0.1) is 6.54 Å². The summed E-state index contributed by atoms with van der Waals surface area (Å²) >= 11 is 0. The van der Waals surface area contributed by atoms with E-state index in [4.69, 9.17) is 0 Å². The van der Waals surface area contributed by atoms with Crippen LogP contribution in [0, 0.1) is 5.92 Å². The molecule has 2 heterocycles. The highest BCUT2D eigenvalue weighted by atomic mass is 15.3. The normalized spacial score (nSPS) is 11.3. The predicted molar refractivity (Wildman–Crippen MR) is 70.2 cm³/mol. The Hall–Kier alpha value is -1.65. The number of imidazole rings is 1. The molecular weight excluding hydrogens is 226 g/mol. The van der Waals surface area contributed by atoms with Crippen molar-refractivity contribution in [3.8, 4) is 0 Å². The van der Waals surface area contributed by atoms with Crippen LogP contribution in [0.15, 0.2) is 18.7 Å². The fourth-order valence-electron chi connectivity index (χ4n) is 2.00. The van der Waals surface area contributed by atoms with Crippen LogP contribution in [-0.2, 0) is 19.5 Å². The Morgan fingerprint density at radius 1 is 1.22 bits per heavy atom. The van der Waals surface area contributed by atoms with Crippen molar-refractivity contribution in [3.05, 3.63) is 30.4 Å². The Morgan fingerprint density at radius 2 is 2.06 bits per heavy atom. The SMILES string of the molecule is CCCc1nccn1Cc1ncnn1CC(C)C.